The average molecular weight is 246 g/mol. The van der Waals surface area contributed by atoms with Gasteiger partial charge in [0.05, 0.1) is 5.69 Å². The Morgan fingerprint density at radius 3 is 2.72 bits per heavy atom. The molecule has 98 valence electrons. The molecule has 0 saturated heterocycles. The predicted molar refractivity (Wildman–Crippen MR) is 72.8 cm³/mol. The lowest BCUT2D eigenvalue weighted by Crippen LogP contribution is -2.33. The third-order valence-electron chi connectivity index (χ3n) is 3.97. The van der Waals surface area contributed by atoms with Crippen LogP contribution in [0.5, 0.6) is 0 Å². The summed E-state index contributed by atoms with van der Waals surface area (Å²) in [5, 5.41) is 3.55. The van der Waals surface area contributed by atoms with E-state index in [1.807, 2.05) is 0 Å². The summed E-state index contributed by atoms with van der Waals surface area (Å²) in [6.07, 6.45) is 6.42. The zero-order chi connectivity index (χ0) is 12.5. The van der Waals surface area contributed by atoms with E-state index in [-0.39, 0.29) is 0 Å². The Morgan fingerprint density at radius 2 is 2.00 bits per heavy atom. The molecular weight excluding hydrogens is 224 g/mol. The molecule has 1 fully saturated rings. The first kappa shape index (κ1) is 11.9. The number of aromatic nitrogens is 2. The molecule has 0 spiro atoms. The summed E-state index contributed by atoms with van der Waals surface area (Å²) in [7, 11) is 0. The SMILES string of the molecule is CC(C)N1CCc2ncnc(NC3CC3)c2CC1. The van der Waals surface area contributed by atoms with Gasteiger partial charge in [-0.05, 0) is 33.1 Å². The molecule has 1 aromatic heterocycles. The summed E-state index contributed by atoms with van der Waals surface area (Å²) in [5.74, 6) is 1.09. The molecular formula is C14H22N4. The molecule has 1 N–H and O–H groups in total. The van der Waals surface area contributed by atoms with Gasteiger partial charge in [-0.15, -0.1) is 0 Å². The molecule has 1 aliphatic heterocycles. The van der Waals surface area contributed by atoms with E-state index in [0.29, 0.717) is 12.1 Å². The van der Waals surface area contributed by atoms with Crippen LogP contribution in [0.25, 0.3) is 0 Å². The van der Waals surface area contributed by atoms with Crippen LogP contribution in [0, 0.1) is 0 Å². The van der Waals surface area contributed by atoms with Crippen LogP contribution < -0.4 is 5.32 Å². The van der Waals surface area contributed by atoms with E-state index < -0.39 is 0 Å². The average Bonchev–Trinajstić information content (AvgIpc) is 3.14. The van der Waals surface area contributed by atoms with Gasteiger partial charge in [0.15, 0.2) is 0 Å². The van der Waals surface area contributed by atoms with Gasteiger partial charge in [-0.25, -0.2) is 9.97 Å². The minimum atomic E-state index is 0.618. The molecule has 4 heteroatoms. The fourth-order valence-corrected chi connectivity index (χ4v) is 2.61. The van der Waals surface area contributed by atoms with Crippen LogP contribution in [0.4, 0.5) is 5.82 Å². The predicted octanol–water partition coefficient (Wildman–Crippen LogP) is 1.86. The fourth-order valence-electron chi connectivity index (χ4n) is 2.61. The third kappa shape index (κ3) is 2.48. The van der Waals surface area contributed by atoms with Crippen molar-refractivity contribution in [2.24, 2.45) is 0 Å². The summed E-state index contributed by atoms with van der Waals surface area (Å²) in [6, 6.07) is 1.28. The molecule has 0 atom stereocenters. The van der Waals surface area contributed by atoms with E-state index in [1.165, 1.54) is 24.1 Å². The van der Waals surface area contributed by atoms with Gasteiger partial charge in [-0.2, -0.15) is 0 Å². The van der Waals surface area contributed by atoms with Crippen molar-refractivity contribution < 1.29 is 0 Å². The largest absolute Gasteiger partial charge is 0.367 e. The van der Waals surface area contributed by atoms with Crippen LogP contribution >= 0.6 is 0 Å². The fraction of sp³-hybridized carbons (Fsp3) is 0.714. The van der Waals surface area contributed by atoms with Gasteiger partial charge in [0, 0.05) is 37.2 Å². The molecule has 3 rings (SSSR count). The third-order valence-corrected chi connectivity index (χ3v) is 3.97. The lowest BCUT2D eigenvalue weighted by atomic mass is 10.1. The van der Waals surface area contributed by atoms with Crippen molar-refractivity contribution in [1.82, 2.24) is 14.9 Å². The number of hydrogen-bond acceptors (Lipinski definition) is 4. The second-order valence-corrected chi connectivity index (χ2v) is 5.70. The van der Waals surface area contributed by atoms with Crippen molar-refractivity contribution in [2.75, 3.05) is 18.4 Å². The first-order valence-corrected chi connectivity index (χ1v) is 7.07. The number of fused-ring (bicyclic) bond motifs is 1. The Bertz CT molecular complexity index is 426. The zero-order valence-corrected chi connectivity index (χ0v) is 11.3. The molecule has 2 heterocycles. The highest BCUT2D eigenvalue weighted by molar-refractivity contribution is 5.48. The Morgan fingerprint density at radius 1 is 1.22 bits per heavy atom. The number of nitrogens with one attached hydrogen (secondary N) is 1. The summed E-state index contributed by atoms with van der Waals surface area (Å²) in [6.45, 7) is 6.78. The van der Waals surface area contributed by atoms with Crippen molar-refractivity contribution in [2.45, 2.75) is 51.6 Å². The molecule has 4 nitrogen and oxygen atoms in total. The molecule has 0 radical (unpaired) electrons. The van der Waals surface area contributed by atoms with Crippen LogP contribution in [0.15, 0.2) is 6.33 Å². The van der Waals surface area contributed by atoms with E-state index >= 15 is 0 Å². The highest BCUT2D eigenvalue weighted by Crippen LogP contribution is 2.27. The number of anilines is 1. The van der Waals surface area contributed by atoms with Gasteiger partial charge >= 0.3 is 0 Å². The highest BCUT2D eigenvalue weighted by atomic mass is 15.1. The number of hydrogen-bond donors (Lipinski definition) is 1. The van der Waals surface area contributed by atoms with E-state index in [2.05, 4.69) is 34.0 Å². The highest BCUT2D eigenvalue weighted by Gasteiger charge is 2.25. The quantitative estimate of drug-likeness (QED) is 0.884. The summed E-state index contributed by atoms with van der Waals surface area (Å²) < 4.78 is 0. The first-order valence-electron chi connectivity index (χ1n) is 7.07. The summed E-state index contributed by atoms with van der Waals surface area (Å²) in [4.78, 5) is 11.5. The first-order chi connectivity index (χ1) is 8.74. The monoisotopic (exact) mass is 246 g/mol. The normalized spacial score (nSPS) is 20.6. The maximum Gasteiger partial charge on any atom is 0.133 e. The van der Waals surface area contributed by atoms with Crippen LogP contribution in [-0.4, -0.2) is 40.0 Å². The second kappa shape index (κ2) is 4.84. The minimum Gasteiger partial charge on any atom is -0.367 e. The smallest absolute Gasteiger partial charge is 0.133 e. The minimum absolute atomic E-state index is 0.618. The molecule has 1 saturated carbocycles. The van der Waals surface area contributed by atoms with Gasteiger partial charge in [0.2, 0.25) is 0 Å². The lowest BCUT2D eigenvalue weighted by molar-refractivity contribution is 0.232. The maximum absolute atomic E-state index is 4.48. The summed E-state index contributed by atoms with van der Waals surface area (Å²) >= 11 is 0. The standard InChI is InChI=1S/C14H22N4/c1-10(2)18-7-5-12-13(6-8-18)15-9-16-14(12)17-11-3-4-11/h9-11H,3-8H2,1-2H3,(H,15,16,17). The summed E-state index contributed by atoms with van der Waals surface area (Å²) in [5.41, 5.74) is 2.60. The van der Waals surface area contributed by atoms with E-state index in [0.717, 1.165) is 31.7 Å². The number of rotatable bonds is 3. The molecule has 1 aliphatic carbocycles. The molecule has 0 amide bonds. The van der Waals surface area contributed by atoms with Crippen molar-refractivity contribution in [1.29, 1.82) is 0 Å². The second-order valence-electron chi connectivity index (χ2n) is 5.70. The van der Waals surface area contributed by atoms with Crippen molar-refractivity contribution in [3.8, 4) is 0 Å². The van der Waals surface area contributed by atoms with Crippen LogP contribution in [-0.2, 0) is 12.8 Å². The molecule has 0 bridgehead atoms. The van der Waals surface area contributed by atoms with Crippen molar-refractivity contribution in [3.05, 3.63) is 17.6 Å². The molecule has 2 aliphatic rings. The van der Waals surface area contributed by atoms with E-state index in [1.54, 1.807) is 6.33 Å². The van der Waals surface area contributed by atoms with Crippen LogP contribution in [0.2, 0.25) is 0 Å². The molecule has 1 aromatic rings. The van der Waals surface area contributed by atoms with Gasteiger partial charge in [0.25, 0.3) is 0 Å². The zero-order valence-electron chi connectivity index (χ0n) is 11.3. The Balaban J connectivity index is 1.81. The number of nitrogens with zero attached hydrogens (tertiary/aromatic N) is 3. The lowest BCUT2D eigenvalue weighted by Gasteiger charge is -2.23. The van der Waals surface area contributed by atoms with Crippen molar-refractivity contribution in [3.63, 3.8) is 0 Å². The van der Waals surface area contributed by atoms with Gasteiger partial charge in [-0.3, -0.25) is 0 Å². The van der Waals surface area contributed by atoms with E-state index in [4.69, 9.17) is 0 Å². The molecule has 18 heavy (non-hydrogen) atoms. The van der Waals surface area contributed by atoms with Crippen molar-refractivity contribution >= 4 is 5.82 Å². The van der Waals surface area contributed by atoms with Gasteiger partial charge in [0.1, 0.15) is 12.1 Å². The van der Waals surface area contributed by atoms with Crippen LogP contribution in [0.3, 0.4) is 0 Å². The van der Waals surface area contributed by atoms with Crippen LogP contribution in [0.1, 0.15) is 37.9 Å². The Kier molecular flexibility index (Phi) is 3.20. The molecule has 0 unspecified atom stereocenters. The van der Waals surface area contributed by atoms with E-state index in [9.17, 15) is 0 Å². The Hall–Kier alpha value is -1.16. The maximum atomic E-state index is 4.48. The molecule has 0 aromatic carbocycles. The Labute approximate surface area is 109 Å². The topological polar surface area (TPSA) is 41.1 Å². The van der Waals surface area contributed by atoms with Gasteiger partial charge in [-0.1, -0.05) is 0 Å². The van der Waals surface area contributed by atoms with Gasteiger partial charge < -0.3 is 10.2 Å².